The number of sulfonamides is 1. The summed E-state index contributed by atoms with van der Waals surface area (Å²) >= 11 is 0. The molecule has 0 fully saturated rings. The summed E-state index contributed by atoms with van der Waals surface area (Å²) in [6.45, 7) is 7.23. The Labute approximate surface area is 185 Å². The van der Waals surface area contributed by atoms with E-state index in [0.717, 1.165) is 16.5 Å². The maximum Gasteiger partial charge on any atom is 0.291 e. The lowest BCUT2D eigenvalue weighted by Crippen LogP contribution is -2.15. The second-order valence-electron chi connectivity index (χ2n) is 7.58. The Morgan fingerprint density at radius 3 is 2.34 bits per heavy atom. The Morgan fingerprint density at radius 1 is 0.938 bits per heavy atom. The zero-order valence-corrected chi connectivity index (χ0v) is 18.9. The number of carbonyl (C=O) groups is 1. The highest BCUT2D eigenvalue weighted by Crippen LogP contribution is 2.27. The molecule has 1 amide bonds. The van der Waals surface area contributed by atoms with Crippen molar-refractivity contribution in [3.05, 3.63) is 76.9 Å². The molecule has 9 heteroatoms. The van der Waals surface area contributed by atoms with Crippen LogP contribution in [0.5, 0.6) is 0 Å². The van der Waals surface area contributed by atoms with E-state index in [-0.39, 0.29) is 16.5 Å². The molecule has 0 aliphatic heterocycles. The third kappa shape index (κ3) is 4.33. The van der Waals surface area contributed by atoms with Gasteiger partial charge in [-0.2, -0.15) is 0 Å². The van der Waals surface area contributed by atoms with Crippen molar-refractivity contribution in [2.45, 2.75) is 32.6 Å². The molecule has 2 aromatic carbocycles. The molecule has 0 unspecified atom stereocenters. The quantitative estimate of drug-likeness (QED) is 0.462. The molecule has 0 aliphatic rings. The second kappa shape index (κ2) is 8.08. The van der Waals surface area contributed by atoms with Gasteiger partial charge in [-0.25, -0.2) is 18.4 Å². The van der Waals surface area contributed by atoms with E-state index in [2.05, 4.69) is 20.0 Å². The van der Waals surface area contributed by atoms with Crippen LogP contribution in [0.25, 0.3) is 11.0 Å². The largest absolute Gasteiger partial charge is 0.451 e. The van der Waals surface area contributed by atoms with Crippen molar-refractivity contribution >= 4 is 38.4 Å². The average molecular weight is 451 g/mol. The van der Waals surface area contributed by atoms with E-state index in [1.807, 2.05) is 32.0 Å². The Balaban J connectivity index is 1.52. The minimum Gasteiger partial charge on any atom is -0.451 e. The number of nitrogens with one attached hydrogen (secondary N) is 2. The molecule has 0 saturated heterocycles. The van der Waals surface area contributed by atoms with Gasteiger partial charge in [-0.15, -0.1) is 0 Å². The lowest BCUT2D eigenvalue weighted by atomic mass is 10.1. The van der Waals surface area contributed by atoms with Crippen molar-refractivity contribution in [1.29, 1.82) is 0 Å². The van der Waals surface area contributed by atoms with Gasteiger partial charge in [-0.05, 0) is 63.6 Å². The second-order valence-corrected chi connectivity index (χ2v) is 9.26. The van der Waals surface area contributed by atoms with Crippen molar-refractivity contribution in [3.63, 3.8) is 0 Å². The van der Waals surface area contributed by atoms with E-state index in [1.54, 1.807) is 19.9 Å². The molecule has 8 nitrogen and oxygen atoms in total. The Bertz CT molecular complexity index is 1420. The standard InChI is InChI=1S/C23H22N4O4S/c1-13-5-10-19-15(3)22(31-20(19)11-13)23(28)26-17-6-8-18(9-7-17)32(29,30)27-21-12-14(2)24-16(4)25-21/h5-12H,1-4H3,(H,26,28)(H,24,25,27). The first-order valence-corrected chi connectivity index (χ1v) is 11.4. The summed E-state index contributed by atoms with van der Waals surface area (Å²) in [7, 11) is -3.84. The number of carbonyl (C=O) groups excluding carboxylic acids is 1. The van der Waals surface area contributed by atoms with Crippen molar-refractivity contribution in [2.24, 2.45) is 0 Å². The molecule has 0 atom stereocenters. The lowest BCUT2D eigenvalue weighted by Gasteiger charge is -2.09. The summed E-state index contributed by atoms with van der Waals surface area (Å²) in [5.41, 5.74) is 3.53. The molecule has 2 aromatic heterocycles. The van der Waals surface area contributed by atoms with Crippen LogP contribution in [-0.2, 0) is 10.0 Å². The fourth-order valence-corrected chi connectivity index (χ4v) is 4.41. The first kappa shape index (κ1) is 21.5. The number of aromatic nitrogens is 2. The predicted octanol–water partition coefficient (Wildman–Crippen LogP) is 4.51. The zero-order chi connectivity index (χ0) is 23.0. The van der Waals surface area contributed by atoms with Crippen molar-refractivity contribution in [2.75, 3.05) is 10.0 Å². The SMILES string of the molecule is Cc1ccc2c(C)c(C(=O)Nc3ccc(S(=O)(=O)Nc4cc(C)nc(C)n4)cc3)oc2c1. The lowest BCUT2D eigenvalue weighted by molar-refractivity contribution is 0.0998. The van der Waals surface area contributed by atoms with Crippen molar-refractivity contribution < 1.29 is 17.6 Å². The van der Waals surface area contributed by atoms with E-state index in [1.165, 1.54) is 24.3 Å². The first-order chi connectivity index (χ1) is 15.1. The van der Waals surface area contributed by atoms with E-state index in [4.69, 9.17) is 4.42 Å². The van der Waals surface area contributed by atoms with Gasteiger partial charge >= 0.3 is 0 Å². The van der Waals surface area contributed by atoms with E-state index in [9.17, 15) is 13.2 Å². The van der Waals surface area contributed by atoms with Crippen molar-refractivity contribution in [1.82, 2.24) is 9.97 Å². The number of aryl methyl sites for hydroxylation is 4. The Morgan fingerprint density at radius 2 is 1.66 bits per heavy atom. The van der Waals surface area contributed by atoms with E-state index >= 15 is 0 Å². The number of rotatable bonds is 5. The molecular formula is C23H22N4O4S. The minimum absolute atomic E-state index is 0.0415. The fourth-order valence-electron chi connectivity index (χ4n) is 3.42. The van der Waals surface area contributed by atoms with Crippen LogP contribution in [0.4, 0.5) is 11.5 Å². The molecular weight excluding hydrogens is 428 g/mol. The normalized spacial score (nSPS) is 11.5. The summed E-state index contributed by atoms with van der Waals surface area (Å²) in [5, 5.41) is 3.63. The topological polar surface area (TPSA) is 114 Å². The number of hydrogen-bond acceptors (Lipinski definition) is 6. The van der Waals surface area contributed by atoms with Gasteiger partial charge in [0.25, 0.3) is 15.9 Å². The molecule has 0 aliphatic carbocycles. The van der Waals surface area contributed by atoms with Gasteiger partial charge in [-0.3, -0.25) is 9.52 Å². The monoisotopic (exact) mass is 450 g/mol. The van der Waals surface area contributed by atoms with Gasteiger partial charge in [0.15, 0.2) is 5.76 Å². The van der Waals surface area contributed by atoms with Gasteiger partial charge in [0, 0.05) is 28.4 Å². The highest BCUT2D eigenvalue weighted by molar-refractivity contribution is 7.92. The Kier molecular flexibility index (Phi) is 5.43. The number of nitrogens with zero attached hydrogens (tertiary/aromatic N) is 2. The maximum atomic E-state index is 12.7. The smallest absolute Gasteiger partial charge is 0.291 e. The molecule has 4 rings (SSSR count). The van der Waals surface area contributed by atoms with Crippen LogP contribution in [0.3, 0.4) is 0 Å². The summed E-state index contributed by atoms with van der Waals surface area (Å²) < 4.78 is 33.5. The number of anilines is 2. The molecule has 32 heavy (non-hydrogen) atoms. The third-order valence-electron chi connectivity index (χ3n) is 4.93. The number of benzene rings is 2. The summed E-state index contributed by atoms with van der Waals surface area (Å²) in [5.74, 6) is 0.482. The van der Waals surface area contributed by atoms with Crippen LogP contribution in [0.2, 0.25) is 0 Å². The van der Waals surface area contributed by atoms with Crippen LogP contribution in [-0.4, -0.2) is 24.3 Å². The molecule has 2 N–H and O–H groups in total. The summed E-state index contributed by atoms with van der Waals surface area (Å²) in [6.07, 6.45) is 0. The highest BCUT2D eigenvalue weighted by Gasteiger charge is 2.19. The van der Waals surface area contributed by atoms with Crippen LogP contribution in [0.15, 0.2) is 57.8 Å². The van der Waals surface area contributed by atoms with Crippen LogP contribution >= 0.6 is 0 Å². The molecule has 0 spiro atoms. The number of amides is 1. The van der Waals surface area contributed by atoms with Crippen LogP contribution in [0, 0.1) is 27.7 Å². The van der Waals surface area contributed by atoms with Gasteiger partial charge in [-0.1, -0.05) is 12.1 Å². The maximum absolute atomic E-state index is 12.7. The fraction of sp³-hybridized carbons (Fsp3) is 0.174. The number of hydrogen-bond donors (Lipinski definition) is 2. The van der Waals surface area contributed by atoms with E-state index in [0.29, 0.717) is 22.8 Å². The van der Waals surface area contributed by atoms with Crippen LogP contribution in [0.1, 0.15) is 33.2 Å². The molecule has 0 saturated carbocycles. The Hall–Kier alpha value is -3.72. The molecule has 0 radical (unpaired) electrons. The van der Waals surface area contributed by atoms with Crippen LogP contribution < -0.4 is 10.0 Å². The number of fused-ring (bicyclic) bond motifs is 1. The molecule has 164 valence electrons. The number of furan rings is 1. The molecule has 2 heterocycles. The van der Waals surface area contributed by atoms with Gasteiger partial charge in [0.2, 0.25) is 0 Å². The third-order valence-corrected chi connectivity index (χ3v) is 6.30. The molecule has 4 aromatic rings. The van der Waals surface area contributed by atoms with Gasteiger partial charge in [0.1, 0.15) is 17.2 Å². The summed E-state index contributed by atoms with van der Waals surface area (Å²) in [4.78, 5) is 21.0. The van der Waals surface area contributed by atoms with Gasteiger partial charge < -0.3 is 9.73 Å². The van der Waals surface area contributed by atoms with Crippen molar-refractivity contribution in [3.8, 4) is 0 Å². The zero-order valence-electron chi connectivity index (χ0n) is 18.1. The molecule has 0 bridgehead atoms. The average Bonchev–Trinajstić information content (AvgIpc) is 3.03. The predicted molar refractivity (Wildman–Crippen MR) is 122 cm³/mol. The summed E-state index contributed by atoms with van der Waals surface area (Å²) in [6, 6.07) is 13.2. The minimum atomic E-state index is -3.84. The highest BCUT2D eigenvalue weighted by atomic mass is 32.2. The van der Waals surface area contributed by atoms with Gasteiger partial charge in [0.05, 0.1) is 4.90 Å². The first-order valence-electron chi connectivity index (χ1n) is 9.89. The van der Waals surface area contributed by atoms with E-state index < -0.39 is 15.9 Å².